The molecule has 2 aliphatic rings. The minimum Gasteiger partial charge on any atom is -0.469 e. The molecule has 3 rings (SSSR count). The highest BCUT2D eigenvalue weighted by Crippen LogP contribution is 2.59. The van der Waals surface area contributed by atoms with Crippen LogP contribution in [0, 0.1) is 17.6 Å². The third-order valence-electron chi connectivity index (χ3n) is 4.53. The quantitative estimate of drug-likeness (QED) is 0.672. The van der Waals surface area contributed by atoms with Crippen LogP contribution in [0.1, 0.15) is 18.4 Å². The molecular formula is C15H15F2NO3. The SMILES string of the molecule is COC(=O)CC(=O)C1NC[C@@]2(c3cc(F)ccc3F)C[C@@H]12. The van der Waals surface area contributed by atoms with Gasteiger partial charge in [-0.15, -0.1) is 0 Å². The topological polar surface area (TPSA) is 55.4 Å². The predicted molar refractivity (Wildman–Crippen MR) is 69.6 cm³/mol. The van der Waals surface area contributed by atoms with Gasteiger partial charge in [-0.1, -0.05) is 0 Å². The fourth-order valence-corrected chi connectivity index (χ4v) is 3.35. The molecule has 1 heterocycles. The molecule has 1 saturated carbocycles. The van der Waals surface area contributed by atoms with E-state index in [2.05, 4.69) is 10.1 Å². The third-order valence-corrected chi connectivity index (χ3v) is 4.53. The lowest BCUT2D eigenvalue weighted by molar-refractivity contribution is -0.143. The smallest absolute Gasteiger partial charge is 0.313 e. The van der Waals surface area contributed by atoms with Gasteiger partial charge in [-0.05, 0) is 36.1 Å². The Morgan fingerprint density at radius 3 is 2.86 bits per heavy atom. The zero-order valence-electron chi connectivity index (χ0n) is 11.5. The number of esters is 1. The highest BCUT2D eigenvalue weighted by Gasteiger charge is 2.65. The Hall–Kier alpha value is -1.82. The van der Waals surface area contributed by atoms with Crippen LogP contribution < -0.4 is 5.32 Å². The molecule has 112 valence electrons. The standard InChI is InChI=1S/C15H15F2NO3/c1-21-13(20)5-12(19)14-10-6-15(10,7-18-14)9-4-8(16)2-3-11(9)17/h2-4,10,14,18H,5-7H2,1H3/t10-,14?,15+/m0/s1. The molecular weight excluding hydrogens is 280 g/mol. The van der Waals surface area contributed by atoms with E-state index in [1.54, 1.807) is 0 Å². The van der Waals surface area contributed by atoms with Crippen molar-refractivity contribution in [3.05, 3.63) is 35.4 Å². The summed E-state index contributed by atoms with van der Waals surface area (Å²) in [5.74, 6) is -1.89. The molecule has 1 saturated heterocycles. The number of rotatable bonds is 4. The van der Waals surface area contributed by atoms with Crippen LogP contribution in [0.3, 0.4) is 0 Å². The third kappa shape index (κ3) is 2.23. The molecule has 0 aromatic heterocycles. The molecule has 2 fully saturated rings. The van der Waals surface area contributed by atoms with Crippen molar-refractivity contribution in [1.82, 2.24) is 5.32 Å². The van der Waals surface area contributed by atoms with Gasteiger partial charge in [0.1, 0.15) is 18.1 Å². The monoisotopic (exact) mass is 295 g/mol. The lowest BCUT2D eigenvalue weighted by atomic mass is 9.93. The maximum atomic E-state index is 13.9. The first-order valence-electron chi connectivity index (χ1n) is 6.76. The number of carbonyl (C=O) groups excluding carboxylic acids is 2. The molecule has 1 N–H and O–H groups in total. The van der Waals surface area contributed by atoms with Crippen molar-refractivity contribution >= 4 is 11.8 Å². The summed E-state index contributed by atoms with van der Waals surface area (Å²) in [5, 5.41) is 3.02. The Morgan fingerprint density at radius 1 is 1.43 bits per heavy atom. The lowest BCUT2D eigenvalue weighted by Crippen LogP contribution is -2.36. The number of halogens is 2. The van der Waals surface area contributed by atoms with Crippen molar-refractivity contribution in [2.45, 2.75) is 24.3 Å². The number of hydrogen-bond acceptors (Lipinski definition) is 4. The highest BCUT2D eigenvalue weighted by atomic mass is 19.1. The first-order valence-corrected chi connectivity index (χ1v) is 6.76. The van der Waals surface area contributed by atoms with Crippen LogP contribution in [0.15, 0.2) is 18.2 Å². The number of benzene rings is 1. The van der Waals surface area contributed by atoms with Gasteiger partial charge < -0.3 is 10.1 Å². The van der Waals surface area contributed by atoms with Gasteiger partial charge in [-0.25, -0.2) is 8.78 Å². The van der Waals surface area contributed by atoms with E-state index >= 15 is 0 Å². The van der Waals surface area contributed by atoms with Crippen molar-refractivity contribution in [3.63, 3.8) is 0 Å². The van der Waals surface area contributed by atoms with Crippen LogP contribution in [-0.2, 0) is 19.7 Å². The fourth-order valence-electron chi connectivity index (χ4n) is 3.35. The molecule has 0 amide bonds. The van der Waals surface area contributed by atoms with Crippen molar-refractivity contribution in [2.75, 3.05) is 13.7 Å². The number of piperidine rings is 1. The second-order valence-electron chi connectivity index (χ2n) is 5.67. The Balaban J connectivity index is 1.79. The molecule has 1 aromatic rings. The van der Waals surface area contributed by atoms with Gasteiger partial charge >= 0.3 is 5.97 Å². The first-order chi connectivity index (χ1) is 9.98. The Labute approximate surface area is 120 Å². The molecule has 3 atom stereocenters. The van der Waals surface area contributed by atoms with Gasteiger partial charge in [0.15, 0.2) is 5.78 Å². The van der Waals surface area contributed by atoms with Gasteiger partial charge in [-0.2, -0.15) is 0 Å². The van der Waals surface area contributed by atoms with E-state index in [1.807, 2.05) is 0 Å². The van der Waals surface area contributed by atoms with Gasteiger partial charge in [0.25, 0.3) is 0 Å². The number of ketones is 1. The predicted octanol–water partition coefficient (Wildman–Crippen LogP) is 1.33. The number of nitrogens with one attached hydrogen (secondary N) is 1. The second kappa shape index (κ2) is 4.87. The van der Waals surface area contributed by atoms with E-state index in [0.29, 0.717) is 18.5 Å². The number of carbonyl (C=O) groups is 2. The number of hydrogen-bond donors (Lipinski definition) is 1. The normalized spacial score (nSPS) is 29.9. The van der Waals surface area contributed by atoms with Gasteiger partial charge in [0.2, 0.25) is 0 Å². The number of methoxy groups -OCH3 is 1. The first kappa shape index (κ1) is 14.1. The van der Waals surface area contributed by atoms with E-state index in [-0.39, 0.29) is 18.1 Å². The van der Waals surface area contributed by atoms with Crippen molar-refractivity contribution < 1.29 is 23.1 Å². The number of ether oxygens (including phenoxy) is 1. The van der Waals surface area contributed by atoms with Crippen LogP contribution >= 0.6 is 0 Å². The van der Waals surface area contributed by atoms with Gasteiger partial charge in [0.05, 0.1) is 13.2 Å². The molecule has 1 unspecified atom stereocenters. The average Bonchev–Trinajstić information content (AvgIpc) is 3.07. The second-order valence-corrected chi connectivity index (χ2v) is 5.67. The van der Waals surface area contributed by atoms with Crippen molar-refractivity contribution in [1.29, 1.82) is 0 Å². The molecule has 0 radical (unpaired) electrons. The molecule has 1 aliphatic heterocycles. The van der Waals surface area contributed by atoms with E-state index in [4.69, 9.17) is 0 Å². The molecule has 4 nitrogen and oxygen atoms in total. The summed E-state index contributed by atoms with van der Waals surface area (Å²) in [6.45, 7) is 0.412. The van der Waals surface area contributed by atoms with Crippen molar-refractivity contribution in [2.24, 2.45) is 5.92 Å². The molecule has 0 spiro atoms. The minimum atomic E-state index is -0.586. The van der Waals surface area contributed by atoms with E-state index in [0.717, 1.165) is 12.1 Å². The Kier molecular flexibility index (Phi) is 3.28. The average molecular weight is 295 g/mol. The summed E-state index contributed by atoms with van der Waals surface area (Å²) < 4.78 is 31.8. The zero-order chi connectivity index (χ0) is 15.2. The van der Waals surface area contributed by atoms with Crippen LogP contribution in [0.4, 0.5) is 8.78 Å². The summed E-state index contributed by atoms with van der Waals surface area (Å²) in [7, 11) is 1.22. The van der Waals surface area contributed by atoms with Crippen LogP contribution in [0.25, 0.3) is 0 Å². The summed E-state index contributed by atoms with van der Waals surface area (Å²) in [6, 6.07) is 2.89. The molecule has 6 heteroatoms. The largest absolute Gasteiger partial charge is 0.469 e. The highest BCUT2D eigenvalue weighted by molar-refractivity contribution is 5.99. The van der Waals surface area contributed by atoms with Crippen molar-refractivity contribution in [3.8, 4) is 0 Å². The molecule has 0 bridgehead atoms. The maximum Gasteiger partial charge on any atom is 0.313 e. The summed E-state index contributed by atoms with van der Waals surface area (Å²) in [6.07, 6.45) is 0.324. The number of fused-ring (bicyclic) bond motifs is 1. The fraction of sp³-hybridized carbons (Fsp3) is 0.467. The Morgan fingerprint density at radius 2 is 2.19 bits per heavy atom. The molecule has 21 heavy (non-hydrogen) atoms. The van der Waals surface area contributed by atoms with E-state index in [1.165, 1.54) is 13.2 Å². The Bertz CT molecular complexity index is 619. The summed E-state index contributed by atoms with van der Waals surface area (Å²) in [5.41, 5.74) is -0.212. The van der Waals surface area contributed by atoms with Crippen LogP contribution in [-0.4, -0.2) is 31.4 Å². The number of Topliss-reactive ketones (excluding diaryl/α,β-unsaturated/α-hetero) is 1. The molecule has 1 aromatic carbocycles. The summed E-state index contributed by atoms with van der Waals surface area (Å²) >= 11 is 0. The van der Waals surface area contributed by atoms with Gasteiger partial charge in [0, 0.05) is 12.0 Å². The van der Waals surface area contributed by atoms with Gasteiger partial charge in [-0.3, -0.25) is 9.59 Å². The van der Waals surface area contributed by atoms with Crippen LogP contribution in [0.5, 0.6) is 0 Å². The van der Waals surface area contributed by atoms with E-state index in [9.17, 15) is 18.4 Å². The van der Waals surface area contributed by atoms with E-state index < -0.39 is 29.1 Å². The zero-order valence-corrected chi connectivity index (χ0v) is 11.5. The minimum absolute atomic E-state index is 0.0917. The summed E-state index contributed by atoms with van der Waals surface area (Å²) in [4.78, 5) is 23.2. The van der Waals surface area contributed by atoms with Crippen LogP contribution in [0.2, 0.25) is 0 Å². The maximum absolute atomic E-state index is 13.9. The lowest BCUT2D eigenvalue weighted by Gasteiger charge is -2.13. The molecule has 1 aliphatic carbocycles.